The van der Waals surface area contributed by atoms with Crippen LogP contribution in [0.5, 0.6) is 5.75 Å². The minimum atomic E-state index is -0.720. The smallest absolute Gasteiger partial charge is 0.290 e. The van der Waals surface area contributed by atoms with Crippen molar-refractivity contribution in [1.82, 2.24) is 4.90 Å². The summed E-state index contributed by atoms with van der Waals surface area (Å²) >= 11 is 3.41. The number of nitrogens with zero attached hydrogens (tertiary/aromatic N) is 1. The fourth-order valence-corrected chi connectivity index (χ4v) is 4.37. The first kappa shape index (κ1) is 22.1. The standard InChI is InChI=1S/C25H24BrNO5/c1-3-5-11-27-22(15-7-6-8-18(13-15)31-4-2)21(24(29)25(27)30)23(28)20-14-16-12-17(26)9-10-19(16)32-20/h6-10,12-14,22,29H,3-5,11H2,1-2H3. The van der Waals surface area contributed by atoms with E-state index in [1.54, 1.807) is 17.0 Å². The van der Waals surface area contributed by atoms with Crippen LogP contribution in [0.3, 0.4) is 0 Å². The molecule has 1 amide bonds. The van der Waals surface area contributed by atoms with Gasteiger partial charge in [0, 0.05) is 16.4 Å². The van der Waals surface area contributed by atoms with E-state index in [2.05, 4.69) is 15.9 Å². The Hall–Kier alpha value is -3.06. The fourth-order valence-electron chi connectivity index (χ4n) is 3.99. The van der Waals surface area contributed by atoms with Crippen molar-refractivity contribution in [2.45, 2.75) is 32.7 Å². The predicted octanol–water partition coefficient (Wildman–Crippen LogP) is 5.97. The summed E-state index contributed by atoms with van der Waals surface area (Å²) in [5.74, 6) is -0.864. The van der Waals surface area contributed by atoms with Crippen LogP contribution in [0.25, 0.3) is 11.0 Å². The van der Waals surface area contributed by atoms with Gasteiger partial charge in [0.25, 0.3) is 5.91 Å². The average molecular weight is 498 g/mol. The van der Waals surface area contributed by atoms with Crippen LogP contribution in [0.2, 0.25) is 0 Å². The molecule has 0 bridgehead atoms. The maximum Gasteiger partial charge on any atom is 0.290 e. The number of carbonyl (C=O) groups is 2. The van der Waals surface area contributed by atoms with Crippen LogP contribution >= 0.6 is 15.9 Å². The molecule has 1 aromatic heterocycles. The van der Waals surface area contributed by atoms with E-state index in [0.717, 1.165) is 22.7 Å². The third-order valence-corrected chi connectivity index (χ3v) is 5.98. The number of carbonyl (C=O) groups excluding carboxylic acids is 2. The summed E-state index contributed by atoms with van der Waals surface area (Å²) < 4.78 is 12.3. The minimum absolute atomic E-state index is 0.0258. The minimum Gasteiger partial charge on any atom is -0.503 e. The summed E-state index contributed by atoms with van der Waals surface area (Å²) in [6.07, 6.45) is 1.62. The molecule has 32 heavy (non-hydrogen) atoms. The molecule has 2 heterocycles. The molecule has 1 N–H and O–H groups in total. The van der Waals surface area contributed by atoms with Crippen molar-refractivity contribution in [1.29, 1.82) is 0 Å². The molecule has 7 heteroatoms. The van der Waals surface area contributed by atoms with Crippen molar-refractivity contribution in [3.8, 4) is 5.75 Å². The highest BCUT2D eigenvalue weighted by molar-refractivity contribution is 9.10. The number of unbranched alkanes of at least 4 members (excludes halogenated alkanes) is 1. The third kappa shape index (κ3) is 4.05. The highest BCUT2D eigenvalue weighted by atomic mass is 79.9. The number of ether oxygens (including phenoxy) is 1. The highest BCUT2D eigenvalue weighted by Crippen LogP contribution is 2.40. The van der Waals surface area contributed by atoms with Crippen molar-refractivity contribution in [3.05, 3.63) is 75.7 Å². The van der Waals surface area contributed by atoms with Gasteiger partial charge < -0.3 is 19.2 Å². The molecule has 0 saturated carbocycles. The zero-order valence-electron chi connectivity index (χ0n) is 17.9. The highest BCUT2D eigenvalue weighted by Gasteiger charge is 2.44. The van der Waals surface area contributed by atoms with Gasteiger partial charge in [-0.1, -0.05) is 41.4 Å². The zero-order valence-corrected chi connectivity index (χ0v) is 19.5. The number of aliphatic hydroxyl groups excluding tert-OH is 1. The Balaban J connectivity index is 1.79. The number of halogens is 1. The molecular weight excluding hydrogens is 474 g/mol. The third-order valence-electron chi connectivity index (χ3n) is 5.49. The summed E-state index contributed by atoms with van der Waals surface area (Å²) in [6, 6.07) is 13.6. The molecule has 4 rings (SSSR count). The molecule has 3 aromatic rings. The lowest BCUT2D eigenvalue weighted by Gasteiger charge is -2.26. The van der Waals surface area contributed by atoms with E-state index >= 15 is 0 Å². The van der Waals surface area contributed by atoms with E-state index in [-0.39, 0.29) is 11.3 Å². The van der Waals surface area contributed by atoms with E-state index in [0.29, 0.717) is 30.0 Å². The Bertz CT molecular complexity index is 1210. The number of benzene rings is 2. The largest absolute Gasteiger partial charge is 0.503 e. The fraction of sp³-hybridized carbons (Fsp3) is 0.280. The maximum absolute atomic E-state index is 13.5. The van der Waals surface area contributed by atoms with E-state index in [4.69, 9.17) is 9.15 Å². The van der Waals surface area contributed by atoms with Crippen molar-refractivity contribution >= 4 is 38.6 Å². The van der Waals surface area contributed by atoms with Gasteiger partial charge in [-0.05, 0) is 55.3 Å². The van der Waals surface area contributed by atoms with Gasteiger partial charge in [-0.15, -0.1) is 0 Å². The van der Waals surface area contributed by atoms with Gasteiger partial charge in [0.1, 0.15) is 11.3 Å². The summed E-state index contributed by atoms with van der Waals surface area (Å²) in [6.45, 7) is 4.83. The SMILES string of the molecule is CCCCN1C(=O)C(O)=C(C(=O)c2cc3cc(Br)ccc3o2)C1c1cccc(OCC)c1. The number of Topliss-reactive ketones (excluding diaryl/α,β-unsaturated/α-hetero) is 1. The Kier molecular flexibility index (Phi) is 6.37. The molecule has 1 unspecified atom stereocenters. The van der Waals surface area contributed by atoms with Gasteiger partial charge in [0.05, 0.1) is 18.2 Å². The van der Waals surface area contributed by atoms with Crippen molar-refractivity contribution in [3.63, 3.8) is 0 Å². The normalized spacial score (nSPS) is 16.3. The van der Waals surface area contributed by atoms with Gasteiger partial charge in [-0.3, -0.25) is 9.59 Å². The summed E-state index contributed by atoms with van der Waals surface area (Å²) in [4.78, 5) is 28.1. The molecule has 6 nitrogen and oxygen atoms in total. The second-order valence-electron chi connectivity index (χ2n) is 7.64. The number of hydrogen-bond acceptors (Lipinski definition) is 5. The number of fused-ring (bicyclic) bond motifs is 1. The lowest BCUT2D eigenvalue weighted by Crippen LogP contribution is -2.32. The number of ketones is 1. The number of aliphatic hydroxyl groups is 1. The van der Waals surface area contributed by atoms with Gasteiger partial charge in [-0.25, -0.2) is 0 Å². The van der Waals surface area contributed by atoms with E-state index in [1.807, 2.05) is 50.2 Å². The topological polar surface area (TPSA) is 80.0 Å². The molecule has 0 saturated heterocycles. The van der Waals surface area contributed by atoms with E-state index < -0.39 is 23.5 Å². The summed E-state index contributed by atoms with van der Waals surface area (Å²) in [5.41, 5.74) is 1.28. The van der Waals surface area contributed by atoms with Crippen LogP contribution in [0.1, 0.15) is 48.8 Å². The Morgan fingerprint density at radius 1 is 1.19 bits per heavy atom. The van der Waals surface area contributed by atoms with Gasteiger partial charge in [0.2, 0.25) is 5.78 Å². The van der Waals surface area contributed by atoms with Crippen LogP contribution in [0.15, 0.2) is 68.8 Å². The monoisotopic (exact) mass is 497 g/mol. The Morgan fingerprint density at radius 3 is 2.75 bits per heavy atom. The lowest BCUT2D eigenvalue weighted by atomic mass is 9.94. The number of hydrogen-bond donors (Lipinski definition) is 1. The van der Waals surface area contributed by atoms with Crippen molar-refractivity contribution < 1.29 is 23.8 Å². The Morgan fingerprint density at radius 2 is 2.00 bits per heavy atom. The van der Waals surface area contributed by atoms with Gasteiger partial charge in [-0.2, -0.15) is 0 Å². The van der Waals surface area contributed by atoms with E-state index in [1.165, 1.54) is 0 Å². The van der Waals surface area contributed by atoms with Crippen LogP contribution < -0.4 is 4.74 Å². The van der Waals surface area contributed by atoms with Crippen LogP contribution in [-0.4, -0.2) is 34.8 Å². The lowest BCUT2D eigenvalue weighted by molar-refractivity contribution is -0.129. The molecule has 0 fully saturated rings. The molecule has 166 valence electrons. The van der Waals surface area contributed by atoms with Crippen LogP contribution in [0, 0.1) is 0 Å². The molecule has 0 spiro atoms. The van der Waals surface area contributed by atoms with Crippen molar-refractivity contribution in [2.24, 2.45) is 0 Å². The average Bonchev–Trinajstić information content (AvgIpc) is 3.31. The molecule has 0 aliphatic carbocycles. The summed E-state index contributed by atoms with van der Waals surface area (Å²) in [7, 11) is 0. The zero-order chi connectivity index (χ0) is 22.8. The van der Waals surface area contributed by atoms with E-state index in [9.17, 15) is 14.7 Å². The molecule has 1 aliphatic heterocycles. The molecular formula is C25H24BrNO5. The molecule has 1 atom stereocenters. The number of rotatable bonds is 8. The van der Waals surface area contributed by atoms with Gasteiger partial charge in [0.15, 0.2) is 11.5 Å². The first-order valence-electron chi connectivity index (χ1n) is 10.6. The number of amides is 1. The van der Waals surface area contributed by atoms with Gasteiger partial charge >= 0.3 is 0 Å². The first-order chi connectivity index (χ1) is 15.4. The quantitative estimate of drug-likeness (QED) is 0.387. The van der Waals surface area contributed by atoms with Crippen LogP contribution in [0.4, 0.5) is 0 Å². The second-order valence-corrected chi connectivity index (χ2v) is 8.56. The molecule has 2 aromatic carbocycles. The first-order valence-corrected chi connectivity index (χ1v) is 11.4. The second kappa shape index (κ2) is 9.20. The Labute approximate surface area is 194 Å². The maximum atomic E-state index is 13.5. The van der Waals surface area contributed by atoms with Crippen LogP contribution in [-0.2, 0) is 4.79 Å². The number of furan rings is 1. The molecule has 1 aliphatic rings. The van der Waals surface area contributed by atoms with Crippen molar-refractivity contribution in [2.75, 3.05) is 13.2 Å². The predicted molar refractivity (Wildman–Crippen MR) is 125 cm³/mol. The molecule has 0 radical (unpaired) electrons. The summed E-state index contributed by atoms with van der Waals surface area (Å²) in [5, 5.41) is 11.5.